The summed E-state index contributed by atoms with van der Waals surface area (Å²) in [6.07, 6.45) is 3.75. The second kappa shape index (κ2) is 8.22. The average molecular weight is 347 g/mol. The Morgan fingerprint density at radius 1 is 1.23 bits per heavy atom. The summed E-state index contributed by atoms with van der Waals surface area (Å²) in [6.45, 7) is 1.90. The fraction of sp³-hybridized carbons (Fsp3) is 0.429. The molecule has 3 N–H and O–H groups in total. The molecule has 22 heavy (non-hydrogen) atoms. The molecule has 0 saturated carbocycles. The minimum absolute atomic E-state index is 0. The molecule has 1 aromatic heterocycles. The molecule has 6 nitrogen and oxygen atoms in total. The van der Waals surface area contributed by atoms with Crippen molar-refractivity contribution in [3.8, 4) is 11.5 Å². The number of fused-ring (bicyclic) bond motifs is 1. The molecule has 1 fully saturated rings. The van der Waals surface area contributed by atoms with Crippen molar-refractivity contribution in [2.24, 2.45) is 0 Å². The van der Waals surface area contributed by atoms with Crippen LogP contribution in [-0.4, -0.2) is 36.3 Å². The molecular weight excluding hydrogens is 327 g/mol. The maximum absolute atomic E-state index is 6.04. The molecule has 1 aromatic carbocycles. The highest BCUT2D eigenvalue weighted by molar-refractivity contribution is 5.90. The molecule has 0 bridgehead atoms. The van der Waals surface area contributed by atoms with Gasteiger partial charge in [-0.3, -0.25) is 0 Å². The monoisotopic (exact) mass is 346 g/mol. The largest absolute Gasteiger partial charge is 0.493 e. The number of nitrogens with zero attached hydrogens (tertiary/aromatic N) is 2. The first-order chi connectivity index (χ1) is 9.78. The lowest BCUT2D eigenvalue weighted by Gasteiger charge is -2.25. The van der Waals surface area contributed by atoms with E-state index in [1.54, 1.807) is 7.11 Å². The van der Waals surface area contributed by atoms with E-state index in [9.17, 15) is 0 Å². The van der Waals surface area contributed by atoms with Crippen molar-refractivity contribution in [3.63, 3.8) is 0 Å². The summed E-state index contributed by atoms with van der Waals surface area (Å²) in [5, 5.41) is 4.11. The summed E-state index contributed by atoms with van der Waals surface area (Å²) in [4.78, 5) is 8.21. The molecule has 8 heteroatoms. The van der Waals surface area contributed by atoms with Crippen molar-refractivity contribution in [2.45, 2.75) is 18.9 Å². The quantitative estimate of drug-likeness (QED) is 0.886. The van der Waals surface area contributed by atoms with Gasteiger partial charge >= 0.3 is 0 Å². The smallest absolute Gasteiger partial charge is 0.162 e. The molecule has 1 saturated heterocycles. The molecular formula is C14H20Cl2N4O2. The Morgan fingerprint density at radius 3 is 2.73 bits per heavy atom. The van der Waals surface area contributed by atoms with Crippen molar-refractivity contribution in [2.75, 3.05) is 25.9 Å². The summed E-state index contributed by atoms with van der Waals surface area (Å²) in [7, 11) is 1.62. The van der Waals surface area contributed by atoms with Gasteiger partial charge in [0.25, 0.3) is 0 Å². The topological polar surface area (TPSA) is 82.3 Å². The molecule has 0 amide bonds. The molecule has 0 spiro atoms. The minimum Gasteiger partial charge on any atom is -0.493 e. The highest BCUT2D eigenvalue weighted by Crippen LogP contribution is 2.34. The van der Waals surface area contributed by atoms with E-state index in [2.05, 4.69) is 15.3 Å². The van der Waals surface area contributed by atoms with Gasteiger partial charge in [0, 0.05) is 18.0 Å². The third-order valence-electron chi connectivity index (χ3n) is 3.50. The molecule has 1 atom stereocenters. The van der Waals surface area contributed by atoms with Gasteiger partial charge in [-0.25, -0.2) is 9.97 Å². The van der Waals surface area contributed by atoms with Crippen molar-refractivity contribution in [1.82, 2.24) is 15.3 Å². The zero-order valence-corrected chi connectivity index (χ0v) is 13.9. The normalized spacial score (nSPS) is 17.2. The van der Waals surface area contributed by atoms with Crippen LogP contribution in [0.1, 0.15) is 12.8 Å². The third-order valence-corrected chi connectivity index (χ3v) is 3.50. The van der Waals surface area contributed by atoms with Gasteiger partial charge in [0.15, 0.2) is 11.5 Å². The van der Waals surface area contributed by atoms with Crippen molar-refractivity contribution < 1.29 is 9.47 Å². The summed E-state index contributed by atoms with van der Waals surface area (Å²) in [5.41, 5.74) is 6.64. The number of methoxy groups -OCH3 is 1. The predicted octanol–water partition coefficient (Wildman–Crippen LogP) is 2.20. The molecule has 3 rings (SSSR count). The average Bonchev–Trinajstić information content (AvgIpc) is 2.48. The summed E-state index contributed by atoms with van der Waals surface area (Å²) in [5.74, 6) is 1.81. The molecule has 1 aliphatic heterocycles. The Morgan fingerprint density at radius 2 is 2.05 bits per heavy atom. The van der Waals surface area contributed by atoms with Gasteiger partial charge in [-0.1, -0.05) is 0 Å². The Kier molecular flexibility index (Phi) is 6.93. The van der Waals surface area contributed by atoms with Gasteiger partial charge in [0.2, 0.25) is 0 Å². The maximum atomic E-state index is 6.04. The summed E-state index contributed by atoms with van der Waals surface area (Å²) in [6, 6.07) is 3.69. The number of nitrogens with two attached hydrogens (primary N) is 1. The summed E-state index contributed by atoms with van der Waals surface area (Å²) >= 11 is 0. The van der Waals surface area contributed by atoms with Gasteiger partial charge in [0.1, 0.15) is 18.2 Å². The number of hydrogen-bond donors (Lipinski definition) is 2. The molecule has 2 aromatic rings. The molecule has 0 aliphatic carbocycles. The minimum atomic E-state index is 0. The highest BCUT2D eigenvalue weighted by atomic mass is 35.5. The van der Waals surface area contributed by atoms with Crippen molar-refractivity contribution in [1.29, 1.82) is 0 Å². The first kappa shape index (κ1) is 18.5. The van der Waals surface area contributed by atoms with E-state index in [1.807, 2.05) is 12.1 Å². The Hall–Kier alpha value is -1.50. The van der Waals surface area contributed by atoms with E-state index in [0.717, 1.165) is 36.8 Å². The number of nitrogen functional groups attached to an aromatic ring is 1. The first-order valence-corrected chi connectivity index (χ1v) is 6.73. The Labute approximate surface area is 141 Å². The van der Waals surface area contributed by atoms with E-state index in [0.29, 0.717) is 17.3 Å². The number of benzene rings is 1. The molecule has 0 unspecified atom stereocenters. The van der Waals surface area contributed by atoms with Crippen LogP contribution in [0.15, 0.2) is 18.5 Å². The third kappa shape index (κ3) is 3.82. The Balaban J connectivity index is 0.00000121. The van der Waals surface area contributed by atoms with Gasteiger partial charge in [-0.15, -0.1) is 24.8 Å². The number of hydrogen-bond acceptors (Lipinski definition) is 6. The lowest BCUT2D eigenvalue weighted by Crippen LogP contribution is -2.37. The standard InChI is InChI=1S/C14H18N4O2.2ClH/c1-19-12-6-11-10(14(15)18-8-17-11)5-13(12)20-9-3-2-4-16-7-9;;/h5-6,8-9,16H,2-4,7H2,1H3,(H2,15,17,18);2*1H/t9-;;/m1../s1. The fourth-order valence-electron chi connectivity index (χ4n) is 2.44. The van der Waals surface area contributed by atoms with Crippen molar-refractivity contribution >= 4 is 41.5 Å². The number of piperidine rings is 1. The van der Waals surface area contributed by atoms with Crippen LogP contribution in [-0.2, 0) is 0 Å². The van der Waals surface area contributed by atoms with E-state index in [4.69, 9.17) is 15.2 Å². The lowest BCUT2D eigenvalue weighted by atomic mass is 10.1. The van der Waals surface area contributed by atoms with Crippen LogP contribution in [0.5, 0.6) is 11.5 Å². The fourth-order valence-corrected chi connectivity index (χ4v) is 2.44. The maximum Gasteiger partial charge on any atom is 0.162 e. The second-order valence-corrected chi connectivity index (χ2v) is 4.87. The van der Waals surface area contributed by atoms with Gasteiger partial charge in [-0.05, 0) is 25.5 Å². The van der Waals surface area contributed by atoms with Gasteiger partial charge in [-0.2, -0.15) is 0 Å². The Bertz CT molecular complexity index is 621. The number of rotatable bonds is 3. The number of halogens is 2. The number of ether oxygens (including phenoxy) is 2. The van der Waals surface area contributed by atoms with Crippen LogP contribution < -0.4 is 20.5 Å². The SMILES string of the molecule is COc1cc2ncnc(N)c2cc1O[C@@H]1CCCNC1.Cl.Cl. The van der Waals surface area contributed by atoms with Gasteiger partial charge in [0.05, 0.1) is 12.6 Å². The summed E-state index contributed by atoms with van der Waals surface area (Å²) < 4.78 is 11.4. The number of nitrogens with one attached hydrogen (secondary N) is 1. The predicted molar refractivity (Wildman–Crippen MR) is 91.5 cm³/mol. The van der Waals surface area contributed by atoms with E-state index in [-0.39, 0.29) is 30.9 Å². The second-order valence-electron chi connectivity index (χ2n) is 4.87. The lowest BCUT2D eigenvalue weighted by molar-refractivity contribution is 0.161. The van der Waals surface area contributed by atoms with E-state index < -0.39 is 0 Å². The number of aromatic nitrogens is 2. The van der Waals surface area contributed by atoms with Crippen LogP contribution in [0.3, 0.4) is 0 Å². The molecule has 0 radical (unpaired) electrons. The zero-order chi connectivity index (χ0) is 13.9. The zero-order valence-electron chi connectivity index (χ0n) is 12.2. The van der Waals surface area contributed by atoms with Gasteiger partial charge < -0.3 is 20.5 Å². The first-order valence-electron chi connectivity index (χ1n) is 6.73. The van der Waals surface area contributed by atoms with Crippen molar-refractivity contribution in [3.05, 3.63) is 18.5 Å². The van der Waals surface area contributed by atoms with Crippen LogP contribution >= 0.6 is 24.8 Å². The highest BCUT2D eigenvalue weighted by Gasteiger charge is 2.18. The van der Waals surface area contributed by atoms with Crippen LogP contribution in [0.2, 0.25) is 0 Å². The molecule has 2 heterocycles. The van der Waals surface area contributed by atoms with E-state index in [1.165, 1.54) is 6.33 Å². The van der Waals surface area contributed by atoms with E-state index >= 15 is 0 Å². The molecule has 122 valence electrons. The van der Waals surface area contributed by atoms with Crippen LogP contribution in [0.25, 0.3) is 10.9 Å². The number of anilines is 1. The molecule has 1 aliphatic rings. The van der Waals surface area contributed by atoms with Crippen LogP contribution in [0, 0.1) is 0 Å². The van der Waals surface area contributed by atoms with Crippen LogP contribution in [0.4, 0.5) is 5.82 Å².